The minimum Gasteiger partial charge on any atom is -0.369 e. The quantitative estimate of drug-likeness (QED) is 0.393. The van der Waals surface area contributed by atoms with Crippen molar-refractivity contribution in [3.63, 3.8) is 0 Å². The summed E-state index contributed by atoms with van der Waals surface area (Å²) in [5.41, 5.74) is 14.5. The van der Waals surface area contributed by atoms with Crippen molar-refractivity contribution in [3.8, 4) is 0 Å². The van der Waals surface area contributed by atoms with Crippen LogP contribution >= 0.6 is 0 Å². The molecule has 7 nitrogen and oxygen atoms in total. The van der Waals surface area contributed by atoms with Gasteiger partial charge in [0.1, 0.15) is 0 Å². The van der Waals surface area contributed by atoms with Crippen molar-refractivity contribution in [2.45, 2.75) is 13.8 Å². The zero-order valence-electron chi connectivity index (χ0n) is 13.6. The molecular weight excluding hydrogens is 304 g/mol. The second-order valence-corrected chi connectivity index (χ2v) is 5.23. The number of carbonyl (C=O) groups is 1. The Kier molecular flexibility index (Phi) is 5.51. The zero-order valence-corrected chi connectivity index (χ0v) is 13.6. The maximum atomic E-state index is 12.0. The molecule has 2 rings (SSSR count). The highest BCUT2D eigenvalue weighted by Gasteiger charge is 2.03. The summed E-state index contributed by atoms with van der Waals surface area (Å²) < 4.78 is 0. The lowest BCUT2D eigenvalue weighted by atomic mass is 10.1. The number of hydrogen-bond donors (Lipinski definition) is 4. The van der Waals surface area contributed by atoms with Gasteiger partial charge in [0.15, 0.2) is 0 Å². The summed E-state index contributed by atoms with van der Waals surface area (Å²) in [4.78, 5) is 12.0. The number of aryl methyl sites for hydroxylation is 1. The van der Waals surface area contributed by atoms with Crippen LogP contribution in [-0.2, 0) is 0 Å². The summed E-state index contributed by atoms with van der Waals surface area (Å²) in [6.45, 7) is 3.78. The van der Waals surface area contributed by atoms with E-state index in [0.717, 1.165) is 16.8 Å². The molecule has 7 heteroatoms. The van der Waals surface area contributed by atoms with Gasteiger partial charge in [0.2, 0.25) is 5.96 Å². The number of benzene rings is 2. The van der Waals surface area contributed by atoms with Crippen LogP contribution in [0.1, 0.15) is 18.1 Å². The molecule has 2 amide bonds. The fourth-order valence-corrected chi connectivity index (χ4v) is 1.92. The van der Waals surface area contributed by atoms with Gasteiger partial charge in [-0.3, -0.25) is 0 Å². The summed E-state index contributed by atoms with van der Waals surface area (Å²) in [6, 6.07) is 14.5. The van der Waals surface area contributed by atoms with Crippen molar-refractivity contribution in [1.82, 2.24) is 0 Å². The number of urea groups is 1. The normalized spacial score (nSPS) is 10.8. The van der Waals surface area contributed by atoms with Gasteiger partial charge in [-0.1, -0.05) is 29.8 Å². The molecule has 2 aromatic carbocycles. The van der Waals surface area contributed by atoms with Gasteiger partial charge < -0.3 is 22.1 Å². The predicted molar refractivity (Wildman–Crippen MR) is 98.3 cm³/mol. The lowest BCUT2D eigenvalue weighted by molar-refractivity contribution is 0.262. The molecule has 0 heterocycles. The third-order valence-electron chi connectivity index (χ3n) is 3.19. The first-order valence-corrected chi connectivity index (χ1v) is 7.32. The van der Waals surface area contributed by atoms with Crippen LogP contribution in [0.4, 0.5) is 16.2 Å². The molecule has 24 heavy (non-hydrogen) atoms. The Bertz CT molecular complexity index is 759. The molecule has 0 atom stereocenters. The summed E-state index contributed by atoms with van der Waals surface area (Å²) in [7, 11) is 0. The third kappa shape index (κ3) is 5.13. The van der Waals surface area contributed by atoms with E-state index in [1.54, 1.807) is 19.1 Å². The molecule has 0 radical (unpaired) electrons. The van der Waals surface area contributed by atoms with Crippen LogP contribution in [0.5, 0.6) is 0 Å². The molecule has 124 valence electrons. The monoisotopic (exact) mass is 324 g/mol. The van der Waals surface area contributed by atoms with Crippen LogP contribution in [-0.4, -0.2) is 17.7 Å². The molecule has 0 aromatic heterocycles. The van der Waals surface area contributed by atoms with E-state index in [2.05, 4.69) is 20.8 Å². The van der Waals surface area contributed by atoms with Crippen LogP contribution in [0.15, 0.2) is 58.7 Å². The maximum absolute atomic E-state index is 12.0. The van der Waals surface area contributed by atoms with Gasteiger partial charge in [-0.15, -0.1) is 5.10 Å². The van der Waals surface area contributed by atoms with E-state index in [1.807, 2.05) is 43.3 Å². The first-order chi connectivity index (χ1) is 11.4. The Morgan fingerprint density at radius 3 is 1.88 bits per heavy atom. The summed E-state index contributed by atoms with van der Waals surface area (Å²) in [5, 5.41) is 13.0. The zero-order chi connectivity index (χ0) is 17.5. The molecule has 0 unspecified atom stereocenters. The van der Waals surface area contributed by atoms with Gasteiger partial charge in [-0.2, -0.15) is 5.10 Å². The second-order valence-electron chi connectivity index (χ2n) is 5.23. The standard InChI is InChI=1S/C17H20N6O/c1-11-3-7-14(8-4-11)20-17(24)21-15-9-5-13(6-10-15)12(2)22-23-16(18)19/h3-10H,1-2H3,(H4,18,19,23)(H2,20,21,24). The SMILES string of the molecule is CC(=NN=C(N)N)c1ccc(NC(=O)Nc2ccc(C)cc2)cc1. The average Bonchev–Trinajstić information content (AvgIpc) is 2.55. The van der Waals surface area contributed by atoms with Crippen LogP contribution in [0.25, 0.3) is 0 Å². The average molecular weight is 324 g/mol. The fraction of sp³-hybridized carbons (Fsp3) is 0.118. The Balaban J connectivity index is 1.98. The van der Waals surface area contributed by atoms with Gasteiger partial charge in [0.25, 0.3) is 0 Å². The van der Waals surface area contributed by atoms with Crippen molar-refractivity contribution in [3.05, 3.63) is 59.7 Å². The van der Waals surface area contributed by atoms with Crippen LogP contribution in [0, 0.1) is 6.92 Å². The first-order valence-electron chi connectivity index (χ1n) is 7.32. The largest absolute Gasteiger partial charge is 0.369 e. The predicted octanol–water partition coefficient (Wildman–Crippen LogP) is 2.64. The highest BCUT2D eigenvalue weighted by Crippen LogP contribution is 2.13. The molecule has 0 spiro atoms. The van der Waals surface area contributed by atoms with Crippen molar-refractivity contribution in [2.24, 2.45) is 21.7 Å². The molecule has 0 saturated carbocycles. The Labute approximate surface area is 140 Å². The number of nitrogens with zero attached hydrogens (tertiary/aromatic N) is 2. The second kappa shape index (κ2) is 7.77. The fourth-order valence-electron chi connectivity index (χ4n) is 1.92. The summed E-state index contributed by atoms with van der Waals surface area (Å²) in [6.07, 6.45) is 0. The van der Waals surface area contributed by atoms with Crippen molar-refractivity contribution < 1.29 is 4.79 Å². The minimum absolute atomic E-state index is 0.0968. The van der Waals surface area contributed by atoms with Crippen LogP contribution < -0.4 is 22.1 Å². The molecule has 0 aliphatic carbocycles. The number of guanidine groups is 1. The highest BCUT2D eigenvalue weighted by molar-refractivity contribution is 6.01. The Hall–Kier alpha value is -3.35. The van der Waals surface area contributed by atoms with Crippen LogP contribution in [0.2, 0.25) is 0 Å². The molecule has 0 aliphatic heterocycles. The molecule has 2 aromatic rings. The maximum Gasteiger partial charge on any atom is 0.323 e. The number of rotatable bonds is 4. The van der Waals surface area contributed by atoms with E-state index in [-0.39, 0.29) is 12.0 Å². The lowest BCUT2D eigenvalue weighted by Crippen LogP contribution is -2.22. The van der Waals surface area contributed by atoms with Gasteiger partial charge in [-0.25, -0.2) is 4.79 Å². The van der Waals surface area contributed by atoms with Gasteiger partial charge in [0, 0.05) is 11.4 Å². The van der Waals surface area contributed by atoms with Gasteiger partial charge in [0.05, 0.1) is 5.71 Å². The number of amides is 2. The van der Waals surface area contributed by atoms with Crippen molar-refractivity contribution >= 4 is 29.1 Å². The number of nitrogens with one attached hydrogen (secondary N) is 2. The summed E-state index contributed by atoms with van der Waals surface area (Å²) in [5.74, 6) is -0.0968. The number of anilines is 2. The number of nitrogens with two attached hydrogens (primary N) is 2. The Morgan fingerprint density at radius 1 is 0.875 bits per heavy atom. The summed E-state index contributed by atoms with van der Waals surface area (Å²) >= 11 is 0. The van der Waals surface area contributed by atoms with Crippen molar-refractivity contribution in [1.29, 1.82) is 0 Å². The molecule has 0 saturated heterocycles. The molecular formula is C17H20N6O. The highest BCUT2D eigenvalue weighted by atomic mass is 16.2. The number of carbonyl (C=O) groups excluding carboxylic acids is 1. The third-order valence-corrected chi connectivity index (χ3v) is 3.19. The van der Waals surface area contributed by atoms with E-state index < -0.39 is 0 Å². The molecule has 6 N–H and O–H groups in total. The molecule has 0 aliphatic rings. The smallest absolute Gasteiger partial charge is 0.323 e. The van der Waals surface area contributed by atoms with E-state index in [4.69, 9.17) is 11.5 Å². The van der Waals surface area contributed by atoms with E-state index >= 15 is 0 Å². The van der Waals surface area contributed by atoms with E-state index in [1.165, 1.54) is 0 Å². The lowest BCUT2D eigenvalue weighted by Gasteiger charge is -2.08. The van der Waals surface area contributed by atoms with E-state index in [9.17, 15) is 4.79 Å². The van der Waals surface area contributed by atoms with Gasteiger partial charge in [-0.05, 0) is 43.7 Å². The number of hydrogen-bond acceptors (Lipinski definition) is 3. The Morgan fingerprint density at radius 2 is 1.38 bits per heavy atom. The minimum atomic E-state index is -0.308. The van der Waals surface area contributed by atoms with Crippen LogP contribution in [0.3, 0.4) is 0 Å². The van der Waals surface area contributed by atoms with Gasteiger partial charge >= 0.3 is 6.03 Å². The van der Waals surface area contributed by atoms with Crippen molar-refractivity contribution in [2.75, 3.05) is 10.6 Å². The topological polar surface area (TPSA) is 118 Å². The first kappa shape index (κ1) is 17.0. The molecule has 0 bridgehead atoms. The molecule has 0 fully saturated rings. The van der Waals surface area contributed by atoms with E-state index in [0.29, 0.717) is 11.4 Å².